The third-order valence-corrected chi connectivity index (χ3v) is 4.48. The normalized spacial score (nSPS) is 10.3. The summed E-state index contributed by atoms with van der Waals surface area (Å²) in [4.78, 5) is 10.8. The number of nitrogens with one attached hydrogen (secondary N) is 2. The highest BCUT2D eigenvalue weighted by Crippen LogP contribution is 2.30. The molecule has 0 aliphatic carbocycles. The molecule has 0 saturated carbocycles. The van der Waals surface area contributed by atoms with E-state index >= 15 is 0 Å². The van der Waals surface area contributed by atoms with Crippen LogP contribution in [0.15, 0.2) is 66.7 Å². The number of thiocarbonyl (C=S) groups is 1. The topological polar surface area (TPSA) is 76.4 Å². The van der Waals surface area contributed by atoms with Crippen molar-refractivity contribution in [3.8, 4) is 11.5 Å². The van der Waals surface area contributed by atoms with Gasteiger partial charge in [-0.1, -0.05) is 41.4 Å². The molecule has 3 aromatic rings. The quantitative estimate of drug-likeness (QED) is 0.292. The SMILES string of the molecule is Cc1ccc(CNC(=S)Nc2cc(Oc3ccc(Cl)cc3)cc([N+](=O)[O-])c2)cc1. The molecule has 3 aromatic carbocycles. The van der Waals surface area contributed by atoms with Crippen LogP contribution in [0.25, 0.3) is 0 Å². The van der Waals surface area contributed by atoms with Crippen molar-refractivity contribution in [3.63, 3.8) is 0 Å². The first-order valence-electron chi connectivity index (χ1n) is 8.72. The Morgan fingerprint density at radius 2 is 1.76 bits per heavy atom. The minimum atomic E-state index is -0.483. The van der Waals surface area contributed by atoms with E-state index in [1.165, 1.54) is 17.7 Å². The molecule has 0 heterocycles. The molecule has 0 unspecified atom stereocenters. The third kappa shape index (κ3) is 6.17. The average molecular weight is 428 g/mol. The van der Waals surface area contributed by atoms with Crippen LogP contribution < -0.4 is 15.4 Å². The van der Waals surface area contributed by atoms with Crippen LogP contribution in [0.5, 0.6) is 11.5 Å². The number of benzene rings is 3. The number of hydrogen-bond donors (Lipinski definition) is 2. The standard InChI is InChI=1S/C21H18ClN3O3S/c1-14-2-4-15(5-3-14)13-23-21(29)24-17-10-18(25(26)27)12-20(11-17)28-19-8-6-16(22)7-9-19/h2-12H,13H2,1H3,(H2,23,24,29). The lowest BCUT2D eigenvalue weighted by Gasteiger charge is -2.12. The smallest absolute Gasteiger partial charge is 0.275 e. The second-order valence-electron chi connectivity index (χ2n) is 6.32. The summed E-state index contributed by atoms with van der Waals surface area (Å²) in [7, 11) is 0. The van der Waals surface area contributed by atoms with Crippen LogP contribution in [-0.2, 0) is 6.54 Å². The molecule has 0 atom stereocenters. The molecule has 0 saturated heterocycles. The van der Waals surface area contributed by atoms with E-state index in [4.69, 9.17) is 28.6 Å². The molecule has 0 aliphatic rings. The van der Waals surface area contributed by atoms with Crippen molar-refractivity contribution in [1.29, 1.82) is 0 Å². The van der Waals surface area contributed by atoms with Crippen LogP contribution in [0.4, 0.5) is 11.4 Å². The lowest BCUT2D eigenvalue weighted by Crippen LogP contribution is -2.27. The van der Waals surface area contributed by atoms with Crippen molar-refractivity contribution in [2.45, 2.75) is 13.5 Å². The molecule has 2 N–H and O–H groups in total. The maximum absolute atomic E-state index is 11.3. The number of non-ortho nitro benzene ring substituents is 1. The van der Waals surface area contributed by atoms with Crippen molar-refractivity contribution in [2.75, 3.05) is 5.32 Å². The number of anilines is 1. The van der Waals surface area contributed by atoms with E-state index in [9.17, 15) is 10.1 Å². The second kappa shape index (κ2) is 9.36. The van der Waals surface area contributed by atoms with Crippen molar-refractivity contribution < 1.29 is 9.66 Å². The number of hydrogen-bond acceptors (Lipinski definition) is 4. The van der Waals surface area contributed by atoms with E-state index < -0.39 is 4.92 Å². The zero-order valence-corrected chi connectivity index (χ0v) is 17.1. The number of ether oxygens (including phenoxy) is 1. The summed E-state index contributed by atoms with van der Waals surface area (Å²) in [5, 5.41) is 18.3. The van der Waals surface area contributed by atoms with E-state index in [0.717, 1.165) is 5.56 Å². The van der Waals surface area contributed by atoms with Crippen molar-refractivity contribution in [3.05, 3.63) is 93.0 Å². The van der Waals surface area contributed by atoms with E-state index in [1.807, 2.05) is 31.2 Å². The molecule has 148 valence electrons. The first kappa shape index (κ1) is 20.6. The summed E-state index contributed by atoms with van der Waals surface area (Å²) >= 11 is 11.2. The average Bonchev–Trinajstić information content (AvgIpc) is 2.69. The Morgan fingerprint density at radius 1 is 1.07 bits per heavy atom. The summed E-state index contributed by atoms with van der Waals surface area (Å²) in [5.74, 6) is 0.825. The molecule has 29 heavy (non-hydrogen) atoms. The molecule has 0 spiro atoms. The highest BCUT2D eigenvalue weighted by atomic mass is 35.5. The van der Waals surface area contributed by atoms with Gasteiger partial charge in [0.15, 0.2) is 5.11 Å². The van der Waals surface area contributed by atoms with E-state index in [0.29, 0.717) is 33.9 Å². The molecule has 0 fully saturated rings. The minimum absolute atomic E-state index is 0.111. The number of nitrogens with zero attached hydrogens (tertiary/aromatic N) is 1. The zero-order chi connectivity index (χ0) is 20.8. The van der Waals surface area contributed by atoms with E-state index in [-0.39, 0.29) is 5.69 Å². The Bertz CT molecular complexity index is 1020. The van der Waals surface area contributed by atoms with Gasteiger partial charge in [-0.2, -0.15) is 0 Å². The maximum Gasteiger partial charge on any atom is 0.275 e. The molecule has 0 aliphatic heterocycles. The van der Waals surface area contributed by atoms with Gasteiger partial charge in [0.25, 0.3) is 5.69 Å². The Morgan fingerprint density at radius 3 is 2.41 bits per heavy atom. The van der Waals surface area contributed by atoms with Crippen LogP contribution >= 0.6 is 23.8 Å². The number of nitro groups is 1. The van der Waals surface area contributed by atoms with Gasteiger partial charge in [0.05, 0.1) is 16.7 Å². The van der Waals surface area contributed by atoms with Gasteiger partial charge in [-0.3, -0.25) is 10.1 Å². The largest absolute Gasteiger partial charge is 0.457 e. The third-order valence-electron chi connectivity index (χ3n) is 3.98. The molecule has 6 nitrogen and oxygen atoms in total. The summed E-state index contributed by atoms with van der Waals surface area (Å²) in [6.45, 7) is 2.56. The van der Waals surface area contributed by atoms with Crippen molar-refractivity contribution in [2.24, 2.45) is 0 Å². The zero-order valence-electron chi connectivity index (χ0n) is 15.5. The minimum Gasteiger partial charge on any atom is -0.457 e. The number of nitro benzene ring substituents is 1. The van der Waals surface area contributed by atoms with Crippen LogP contribution in [0.3, 0.4) is 0 Å². The summed E-state index contributed by atoms with van der Waals surface area (Å²) < 4.78 is 5.72. The summed E-state index contributed by atoms with van der Waals surface area (Å²) in [6, 6.07) is 19.2. The summed E-state index contributed by atoms with van der Waals surface area (Å²) in [6.07, 6.45) is 0. The van der Waals surface area contributed by atoms with Gasteiger partial charge in [-0.15, -0.1) is 0 Å². The second-order valence-corrected chi connectivity index (χ2v) is 7.17. The van der Waals surface area contributed by atoms with Gasteiger partial charge >= 0.3 is 0 Å². The first-order valence-corrected chi connectivity index (χ1v) is 9.51. The van der Waals surface area contributed by atoms with Crippen molar-refractivity contribution >= 4 is 40.3 Å². The molecule has 0 radical (unpaired) electrons. The lowest BCUT2D eigenvalue weighted by molar-refractivity contribution is -0.384. The maximum atomic E-state index is 11.3. The van der Waals surface area contributed by atoms with E-state index in [2.05, 4.69) is 10.6 Å². The van der Waals surface area contributed by atoms with Gasteiger partial charge in [-0.25, -0.2) is 0 Å². The van der Waals surface area contributed by atoms with Crippen LogP contribution in [-0.4, -0.2) is 10.0 Å². The van der Waals surface area contributed by atoms with Crippen LogP contribution in [0, 0.1) is 17.0 Å². The van der Waals surface area contributed by atoms with Crippen molar-refractivity contribution in [1.82, 2.24) is 5.32 Å². The van der Waals surface area contributed by atoms with Gasteiger partial charge in [0.1, 0.15) is 11.5 Å². The fraction of sp³-hybridized carbons (Fsp3) is 0.0952. The molecular weight excluding hydrogens is 410 g/mol. The fourth-order valence-electron chi connectivity index (χ4n) is 2.52. The molecule has 0 amide bonds. The highest BCUT2D eigenvalue weighted by Gasteiger charge is 2.12. The first-order chi connectivity index (χ1) is 13.9. The van der Waals surface area contributed by atoms with Crippen LogP contribution in [0.1, 0.15) is 11.1 Å². The van der Waals surface area contributed by atoms with Gasteiger partial charge < -0.3 is 15.4 Å². The molecule has 0 aromatic heterocycles. The van der Waals surface area contributed by atoms with Gasteiger partial charge in [0.2, 0.25) is 0 Å². The number of rotatable bonds is 6. The predicted molar refractivity (Wildman–Crippen MR) is 119 cm³/mol. The van der Waals surface area contributed by atoms with Gasteiger partial charge in [-0.05, 0) is 49.0 Å². The Hall–Kier alpha value is -3.16. The Kier molecular flexibility index (Phi) is 6.64. The molecule has 3 rings (SSSR count). The predicted octanol–water partition coefficient (Wildman–Crippen LogP) is 5.84. The monoisotopic (exact) mass is 427 g/mol. The highest BCUT2D eigenvalue weighted by molar-refractivity contribution is 7.80. The Labute approximate surface area is 178 Å². The fourth-order valence-corrected chi connectivity index (χ4v) is 2.84. The molecular formula is C21H18ClN3O3S. The van der Waals surface area contributed by atoms with Crippen LogP contribution in [0.2, 0.25) is 5.02 Å². The Balaban J connectivity index is 1.70. The summed E-state index contributed by atoms with van der Waals surface area (Å²) in [5.41, 5.74) is 2.59. The number of aryl methyl sites for hydroxylation is 1. The lowest BCUT2D eigenvalue weighted by atomic mass is 10.1. The van der Waals surface area contributed by atoms with Gasteiger partial charge in [0, 0.05) is 23.7 Å². The van der Waals surface area contributed by atoms with E-state index in [1.54, 1.807) is 30.3 Å². The molecule has 8 heteroatoms. The molecule has 0 bridgehead atoms. The number of halogens is 1.